The van der Waals surface area contributed by atoms with Crippen LogP contribution in [0.2, 0.25) is 0 Å². The van der Waals surface area contributed by atoms with E-state index in [2.05, 4.69) is 10.0 Å². The molecule has 0 unspecified atom stereocenters. The number of sulfonamides is 1. The topological polar surface area (TPSA) is 105 Å². The van der Waals surface area contributed by atoms with Crippen LogP contribution in [0, 0.1) is 10.1 Å². The molecule has 0 aliphatic rings. The van der Waals surface area contributed by atoms with Crippen LogP contribution >= 0.6 is 0 Å². The van der Waals surface area contributed by atoms with Crippen LogP contribution in [0.3, 0.4) is 0 Å². The molecular weight excluding hydrogens is 296 g/mol. The lowest BCUT2D eigenvalue weighted by molar-refractivity contribution is -0.384. The molecule has 0 radical (unpaired) electrons. The Bertz CT molecular complexity index is 601. The van der Waals surface area contributed by atoms with Gasteiger partial charge in [-0.1, -0.05) is 0 Å². The number of nitro groups is 1. The van der Waals surface area contributed by atoms with E-state index in [9.17, 15) is 18.5 Å². The minimum Gasteiger partial charge on any atom is -0.380 e. The normalized spacial score (nSPS) is 11.6. The van der Waals surface area contributed by atoms with Gasteiger partial charge in [-0.2, -0.15) is 0 Å². The Labute approximate surface area is 124 Å². The molecule has 0 bridgehead atoms. The molecule has 0 atom stereocenters. The van der Waals surface area contributed by atoms with Gasteiger partial charge >= 0.3 is 0 Å². The fourth-order valence-corrected chi connectivity index (χ4v) is 2.70. The SMILES string of the molecule is CCNc1ccc(S(=O)(=O)NCCN(C)C)cc1[N+](=O)[O-]. The van der Waals surface area contributed by atoms with E-state index in [1.807, 2.05) is 19.0 Å². The van der Waals surface area contributed by atoms with E-state index in [4.69, 9.17) is 0 Å². The average Bonchev–Trinajstić information content (AvgIpc) is 2.38. The molecule has 0 aliphatic heterocycles. The van der Waals surface area contributed by atoms with Crippen molar-refractivity contribution in [2.24, 2.45) is 0 Å². The van der Waals surface area contributed by atoms with E-state index in [0.717, 1.165) is 6.07 Å². The zero-order chi connectivity index (χ0) is 16.0. The van der Waals surface area contributed by atoms with Gasteiger partial charge in [-0.25, -0.2) is 13.1 Å². The van der Waals surface area contributed by atoms with Crippen LogP contribution in [0.4, 0.5) is 11.4 Å². The molecule has 0 heterocycles. The fraction of sp³-hybridized carbons (Fsp3) is 0.500. The number of nitrogens with zero attached hydrogens (tertiary/aromatic N) is 2. The molecule has 0 fully saturated rings. The first kappa shape index (κ1) is 17.3. The van der Waals surface area contributed by atoms with Crippen LogP contribution in [0.5, 0.6) is 0 Å². The van der Waals surface area contributed by atoms with Crippen molar-refractivity contribution in [3.8, 4) is 0 Å². The number of nitro benzene ring substituents is 1. The number of anilines is 1. The van der Waals surface area contributed by atoms with Gasteiger partial charge in [0.25, 0.3) is 5.69 Å². The molecule has 1 rings (SSSR count). The third-order valence-corrected chi connectivity index (χ3v) is 4.15. The minimum absolute atomic E-state index is 0.116. The highest BCUT2D eigenvalue weighted by molar-refractivity contribution is 7.89. The average molecular weight is 316 g/mol. The summed E-state index contributed by atoms with van der Waals surface area (Å²) in [6, 6.07) is 3.82. The highest BCUT2D eigenvalue weighted by Crippen LogP contribution is 2.27. The van der Waals surface area contributed by atoms with Gasteiger partial charge < -0.3 is 10.2 Å². The lowest BCUT2D eigenvalue weighted by atomic mass is 10.2. The molecule has 1 aromatic carbocycles. The summed E-state index contributed by atoms with van der Waals surface area (Å²) in [6.45, 7) is 3.08. The summed E-state index contributed by atoms with van der Waals surface area (Å²) in [6.07, 6.45) is 0. The lowest BCUT2D eigenvalue weighted by Gasteiger charge is -2.11. The van der Waals surface area contributed by atoms with Crippen LogP contribution in [0.25, 0.3) is 0 Å². The van der Waals surface area contributed by atoms with Crippen LogP contribution < -0.4 is 10.0 Å². The summed E-state index contributed by atoms with van der Waals surface area (Å²) < 4.78 is 26.6. The largest absolute Gasteiger partial charge is 0.380 e. The predicted molar refractivity (Wildman–Crippen MR) is 81.0 cm³/mol. The highest BCUT2D eigenvalue weighted by atomic mass is 32.2. The smallest absolute Gasteiger partial charge is 0.293 e. The van der Waals surface area contributed by atoms with Crippen molar-refractivity contribution < 1.29 is 13.3 Å². The number of rotatable bonds is 8. The molecule has 21 heavy (non-hydrogen) atoms. The summed E-state index contributed by atoms with van der Waals surface area (Å²) in [5, 5.41) is 13.9. The quantitative estimate of drug-likeness (QED) is 0.544. The molecule has 118 valence electrons. The Kier molecular flexibility index (Phi) is 6.06. The maximum Gasteiger partial charge on any atom is 0.293 e. The van der Waals surface area contributed by atoms with Crippen LogP contribution in [-0.4, -0.2) is 52.0 Å². The second-order valence-electron chi connectivity index (χ2n) is 4.67. The molecule has 0 spiro atoms. The molecule has 0 aromatic heterocycles. The fourth-order valence-electron chi connectivity index (χ4n) is 1.66. The van der Waals surface area contributed by atoms with Gasteiger partial charge in [0.05, 0.1) is 9.82 Å². The van der Waals surface area contributed by atoms with Crippen molar-refractivity contribution >= 4 is 21.4 Å². The second-order valence-corrected chi connectivity index (χ2v) is 6.43. The van der Waals surface area contributed by atoms with E-state index in [1.165, 1.54) is 12.1 Å². The van der Waals surface area contributed by atoms with Crippen LogP contribution in [0.15, 0.2) is 23.1 Å². The molecule has 9 heteroatoms. The first-order chi connectivity index (χ1) is 9.77. The standard InChI is InChI=1S/C12H20N4O4S/c1-4-13-11-6-5-10(9-12(11)16(17)18)21(19,20)14-7-8-15(2)3/h5-6,9,13-14H,4,7-8H2,1-3H3. The Morgan fingerprint density at radius 1 is 1.33 bits per heavy atom. The molecule has 2 N–H and O–H groups in total. The van der Waals surface area contributed by atoms with E-state index in [-0.39, 0.29) is 17.1 Å². The van der Waals surface area contributed by atoms with Crippen molar-refractivity contribution in [3.05, 3.63) is 28.3 Å². The van der Waals surface area contributed by atoms with Crippen molar-refractivity contribution in [2.45, 2.75) is 11.8 Å². The highest BCUT2D eigenvalue weighted by Gasteiger charge is 2.20. The van der Waals surface area contributed by atoms with Crippen molar-refractivity contribution in [1.29, 1.82) is 0 Å². The Morgan fingerprint density at radius 2 is 2.00 bits per heavy atom. The van der Waals surface area contributed by atoms with Gasteiger partial charge in [-0.05, 0) is 33.2 Å². The summed E-state index contributed by atoms with van der Waals surface area (Å²) in [5.74, 6) is 0. The van der Waals surface area contributed by atoms with E-state index < -0.39 is 14.9 Å². The zero-order valence-electron chi connectivity index (χ0n) is 12.3. The van der Waals surface area contributed by atoms with Crippen molar-refractivity contribution in [2.75, 3.05) is 39.0 Å². The third-order valence-electron chi connectivity index (χ3n) is 2.69. The number of benzene rings is 1. The molecule has 0 amide bonds. The maximum atomic E-state index is 12.1. The van der Waals surface area contributed by atoms with Gasteiger partial charge in [0.2, 0.25) is 10.0 Å². The monoisotopic (exact) mass is 316 g/mol. The predicted octanol–water partition coefficient (Wildman–Crippen LogP) is 0.866. The minimum atomic E-state index is -3.75. The van der Waals surface area contributed by atoms with Crippen molar-refractivity contribution in [3.63, 3.8) is 0 Å². The summed E-state index contributed by atoms with van der Waals surface area (Å²) in [7, 11) is -0.105. The first-order valence-electron chi connectivity index (χ1n) is 6.44. The van der Waals surface area contributed by atoms with E-state index in [1.54, 1.807) is 6.92 Å². The number of hydrogen-bond donors (Lipinski definition) is 2. The number of nitrogens with one attached hydrogen (secondary N) is 2. The van der Waals surface area contributed by atoms with Gasteiger partial charge in [-0.15, -0.1) is 0 Å². The number of hydrogen-bond acceptors (Lipinski definition) is 6. The lowest BCUT2D eigenvalue weighted by Crippen LogP contribution is -2.31. The van der Waals surface area contributed by atoms with Gasteiger partial charge in [-0.3, -0.25) is 10.1 Å². The van der Waals surface area contributed by atoms with E-state index in [0.29, 0.717) is 18.8 Å². The summed E-state index contributed by atoms with van der Waals surface area (Å²) in [4.78, 5) is 12.1. The third kappa shape index (κ3) is 4.96. The van der Waals surface area contributed by atoms with Crippen LogP contribution in [-0.2, 0) is 10.0 Å². The molecule has 0 saturated heterocycles. The molecular formula is C12H20N4O4S. The molecule has 0 aliphatic carbocycles. The Morgan fingerprint density at radius 3 is 2.52 bits per heavy atom. The van der Waals surface area contributed by atoms with Crippen molar-refractivity contribution in [1.82, 2.24) is 9.62 Å². The van der Waals surface area contributed by atoms with Gasteiger partial charge in [0, 0.05) is 25.7 Å². The second kappa shape index (κ2) is 7.34. The maximum absolute atomic E-state index is 12.1. The Hall–Kier alpha value is -1.71. The number of likely N-dealkylation sites (N-methyl/N-ethyl adjacent to an activating group) is 1. The van der Waals surface area contributed by atoms with Crippen LogP contribution in [0.1, 0.15) is 6.92 Å². The van der Waals surface area contributed by atoms with Gasteiger partial charge in [0.15, 0.2) is 0 Å². The molecule has 8 nitrogen and oxygen atoms in total. The summed E-state index contributed by atoms with van der Waals surface area (Å²) in [5.41, 5.74) is 0.0436. The molecule has 0 saturated carbocycles. The van der Waals surface area contributed by atoms with Gasteiger partial charge in [0.1, 0.15) is 5.69 Å². The zero-order valence-corrected chi connectivity index (χ0v) is 13.1. The first-order valence-corrected chi connectivity index (χ1v) is 7.93. The van der Waals surface area contributed by atoms with E-state index >= 15 is 0 Å². The molecule has 1 aromatic rings. The Balaban J connectivity index is 3.02. The summed E-state index contributed by atoms with van der Waals surface area (Å²) >= 11 is 0.